The third-order valence-corrected chi connectivity index (χ3v) is 8.93. The topological polar surface area (TPSA) is 201 Å². The van der Waals surface area contributed by atoms with Gasteiger partial charge >= 0.3 is 5.97 Å². The molecule has 3 saturated heterocycles. The number of esters is 1. The van der Waals surface area contributed by atoms with Gasteiger partial charge in [-0.1, -0.05) is 67.9 Å². The zero-order valence-corrected chi connectivity index (χ0v) is 34.6. The van der Waals surface area contributed by atoms with Crippen LogP contribution in [0.4, 0.5) is 5.69 Å². The van der Waals surface area contributed by atoms with Gasteiger partial charge in [-0.15, -0.1) is 0 Å². The normalized spacial score (nSPS) is 18.0. The average molecular weight is 796 g/mol. The zero-order chi connectivity index (χ0) is 42.6. The van der Waals surface area contributed by atoms with Crippen LogP contribution >= 0.6 is 0 Å². The van der Waals surface area contributed by atoms with E-state index in [0.717, 1.165) is 31.4 Å². The highest BCUT2D eigenvalue weighted by atomic mass is 16.5. The monoisotopic (exact) mass is 795 g/mol. The van der Waals surface area contributed by atoms with Crippen molar-refractivity contribution in [2.24, 2.45) is 5.73 Å². The van der Waals surface area contributed by atoms with Crippen molar-refractivity contribution < 1.29 is 38.3 Å². The fourth-order valence-electron chi connectivity index (χ4n) is 6.32. The molecule has 3 atom stereocenters. The molecule has 0 spiro atoms. The number of benzene rings is 2. The number of para-hydroxylation sites is 1. The van der Waals surface area contributed by atoms with Crippen LogP contribution in [0.5, 0.6) is 0 Å². The standard InChI is InChI=1S/C23H36N4O6.C7H7NO.C7H8.C3H8N2O.C2H6/c1-16(2)24-21(30)17-7-3-4-12-27(17)22(31)18-8-6-13-26(18)20(29)10-14-33-23(32)19-9-5-11-25(19)15-28;9-6-8-7-4-2-1-3-5-7;1-7-5-3-2-4-6-7;1-5-2-3(4)6;1-2/h15-19H,3-14H2,1-2H3,(H,24,30);1-6H,(H,8,9);2-6H,1H3;5H,2H2,1H3,(H2,4,6);1-2H3. The highest BCUT2D eigenvalue weighted by molar-refractivity contribution is 5.93. The minimum Gasteiger partial charge on any atom is -0.464 e. The maximum absolute atomic E-state index is 13.4. The smallest absolute Gasteiger partial charge is 0.328 e. The van der Waals surface area contributed by atoms with Crippen molar-refractivity contribution in [1.82, 2.24) is 25.3 Å². The van der Waals surface area contributed by atoms with Crippen LogP contribution in [0.15, 0.2) is 60.7 Å². The van der Waals surface area contributed by atoms with Crippen LogP contribution in [0.25, 0.3) is 0 Å². The van der Waals surface area contributed by atoms with Crippen molar-refractivity contribution in [3.05, 3.63) is 66.2 Å². The van der Waals surface area contributed by atoms with E-state index in [2.05, 4.69) is 35.0 Å². The maximum atomic E-state index is 13.4. The Balaban J connectivity index is 0.000000542. The number of nitrogens with zero attached hydrogens (tertiary/aromatic N) is 3. The number of piperidine rings is 1. The van der Waals surface area contributed by atoms with Gasteiger partial charge in [0.05, 0.1) is 13.0 Å². The Hall–Kier alpha value is -5.31. The Labute approximate surface area is 338 Å². The van der Waals surface area contributed by atoms with Gasteiger partial charge in [0.15, 0.2) is 0 Å². The van der Waals surface area contributed by atoms with Crippen LogP contribution in [0.3, 0.4) is 0 Å². The minimum absolute atomic E-state index is 0.00788. The number of rotatable bonds is 12. The van der Waals surface area contributed by atoms with Crippen molar-refractivity contribution >= 4 is 48.1 Å². The van der Waals surface area contributed by atoms with E-state index in [1.54, 1.807) is 16.8 Å². The SMILES string of the molecule is CC.CC(C)NC(=O)C1CCCCN1C(=O)C1CCCN1C(=O)CCOC(=O)C1CCCN1C=O.CNCC(N)=O.Cc1ccccc1.O=CNc1ccccc1. The first kappa shape index (κ1) is 49.7. The number of ether oxygens (including phenoxy) is 1. The molecule has 15 heteroatoms. The van der Waals surface area contributed by atoms with E-state index >= 15 is 0 Å². The van der Waals surface area contributed by atoms with Crippen LogP contribution in [-0.2, 0) is 38.3 Å². The van der Waals surface area contributed by atoms with E-state index in [1.165, 1.54) is 10.5 Å². The molecule has 5 rings (SSSR count). The molecular weight excluding hydrogens is 731 g/mol. The number of likely N-dealkylation sites (N-methyl/N-ethyl adjacent to an activating group) is 1. The third-order valence-electron chi connectivity index (χ3n) is 8.93. The minimum atomic E-state index is -0.582. The predicted octanol–water partition coefficient (Wildman–Crippen LogP) is 3.40. The van der Waals surface area contributed by atoms with E-state index in [-0.39, 0.29) is 49.2 Å². The predicted molar refractivity (Wildman–Crippen MR) is 221 cm³/mol. The lowest BCUT2D eigenvalue weighted by molar-refractivity contribution is -0.153. The lowest BCUT2D eigenvalue weighted by Crippen LogP contribution is -2.57. The summed E-state index contributed by atoms with van der Waals surface area (Å²) >= 11 is 0. The third kappa shape index (κ3) is 18.9. The first-order chi connectivity index (χ1) is 27.4. The molecule has 3 fully saturated rings. The van der Waals surface area contributed by atoms with Gasteiger partial charge in [-0.05, 0) is 84.9 Å². The molecule has 0 saturated carbocycles. The van der Waals surface area contributed by atoms with Gasteiger partial charge < -0.3 is 41.1 Å². The van der Waals surface area contributed by atoms with Crippen molar-refractivity contribution in [2.75, 3.05) is 45.2 Å². The molecule has 3 unspecified atom stereocenters. The van der Waals surface area contributed by atoms with Gasteiger partial charge in [-0.2, -0.15) is 0 Å². The fourth-order valence-corrected chi connectivity index (χ4v) is 6.32. The van der Waals surface area contributed by atoms with Crippen LogP contribution in [-0.4, -0.2) is 121 Å². The molecule has 0 aromatic heterocycles. The van der Waals surface area contributed by atoms with Crippen LogP contribution in [0, 0.1) is 6.92 Å². The van der Waals surface area contributed by atoms with Crippen molar-refractivity contribution in [3.8, 4) is 0 Å². The second kappa shape index (κ2) is 29.0. The number of likely N-dealkylation sites (tertiary alicyclic amines) is 3. The summed E-state index contributed by atoms with van der Waals surface area (Å²) in [4.78, 5) is 86.4. The number of carbonyl (C=O) groups is 7. The van der Waals surface area contributed by atoms with E-state index in [0.29, 0.717) is 51.7 Å². The Morgan fingerprint density at radius 3 is 1.91 bits per heavy atom. The molecule has 2 aromatic carbocycles. The second-order valence-corrected chi connectivity index (χ2v) is 13.6. The summed E-state index contributed by atoms with van der Waals surface area (Å²) in [6.07, 6.45) is 6.26. The van der Waals surface area contributed by atoms with Crippen molar-refractivity contribution in [3.63, 3.8) is 0 Å². The molecule has 0 radical (unpaired) electrons. The molecule has 0 bridgehead atoms. The van der Waals surface area contributed by atoms with Crippen molar-refractivity contribution in [1.29, 1.82) is 0 Å². The molecule has 2 aromatic rings. The van der Waals surface area contributed by atoms with E-state index < -0.39 is 24.1 Å². The average Bonchev–Trinajstić information content (AvgIpc) is 3.91. The number of amides is 6. The maximum Gasteiger partial charge on any atom is 0.328 e. The largest absolute Gasteiger partial charge is 0.464 e. The van der Waals surface area contributed by atoms with E-state index in [1.807, 2.05) is 76.2 Å². The van der Waals surface area contributed by atoms with Crippen LogP contribution in [0.2, 0.25) is 0 Å². The van der Waals surface area contributed by atoms with Gasteiger partial charge in [-0.25, -0.2) is 4.79 Å². The van der Waals surface area contributed by atoms with Gasteiger partial charge in [-0.3, -0.25) is 28.8 Å². The Morgan fingerprint density at radius 1 is 0.807 bits per heavy atom. The lowest BCUT2D eigenvalue weighted by atomic mass is 9.99. The molecule has 3 heterocycles. The molecule has 5 N–H and O–H groups in total. The Morgan fingerprint density at radius 2 is 1.39 bits per heavy atom. The van der Waals surface area contributed by atoms with Gasteiger partial charge in [0.2, 0.25) is 36.4 Å². The Bertz CT molecular complexity index is 1500. The lowest BCUT2D eigenvalue weighted by Gasteiger charge is -2.38. The van der Waals surface area contributed by atoms with E-state index in [4.69, 9.17) is 10.5 Å². The summed E-state index contributed by atoms with van der Waals surface area (Å²) in [5.74, 6) is -1.37. The quantitative estimate of drug-likeness (QED) is 0.184. The summed E-state index contributed by atoms with van der Waals surface area (Å²) < 4.78 is 5.25. The van der Waals surface area contributed by atoms with E-state index in [9.17, 15) is 33.6 Å². The number of aryl methyl sites for hydroxylation is 1. The summed E-state index contributed by atoms with van der Waals surface area (Å²) in [5, 5.41) is 8.02. The highest BCUT2D eigenvalue weighted by Gasteiger charge is 2.41. The van der Waals surface area contributed by atoms with Crippen LogP contribution < -0.4 is 21.7 Å². The number of anilines is 1. The number of carbonyl (C=O) groups excluding carboxylic acids is 7. The highest BCUT2D eigenvalue weighted by Crippen LogP contribution is 2.25. The number of hydrogen-bond donors (Lipinski definition) is 4. The molecule has 6 amide bonds. The zero-order valence-electron chi connectivity index (χ0n) is 34.6. The number of primary amides is 1. The molecule has 316 valence electrons. The first-order valence-corrected chi connectivity index (χ1v) is 19.9. The Kier molecular flexibility index (Phi) is 25.3. The summed E-state index contributed by atoms with van der Waals surface area (Å²) in [6, 6.07) is 17.9. The van der Waals surface area contributed by atoms with Crippen LogP contribution in [0.1, 0.15) is 84.6 Å². The summed E-state index contributed by atoms with van der Waals surface area (Å²) in [6.45, 7) is 11.6. The molecular formula is C42H65N7O8. The second-order valence-electron chi connectivity index (χ2n) is 13.6. The number of nitrogens with one attached hydrogen (secondary N) is 3. The van der Waals surface area contributed by atoms with Gasteiger partial charge in [0, 0.05) is 31.4 Å². The summed E-state index contributed by atoms with van der Waals surface area (Å²) in [5.41, 5.74) is 6.85. The van der Waals surface area contributed by atoms with Gasteiger partial charge in [0.1, 0.15) is 24.7 Å². The molecule has 15 nitrogen and oxygen atoms in total. The first-order valence-electron chi connectivity index (χ1n) is 19.9. The van der Waals surface area contributed by atoms with Crippen molar-refractivity contribution in [2.45, 2.75) is 110 Å². The fraction of sp³-hybridized carbons (Fsp3) is 0.548. The molecule has 57 heavy (non-hydrogen) atoms. The number of nitrogens with two attached hydrogens (primary N) is 1. The molecule has 0 aliphatic carbocycles. The molecule has 3 aliphatic rings. The number of hydrogen-bond acceptors (Lipinski definition) is 9. The van der Waals surface area contributed by atoms with Gasteiger partial charge in [0.25, 0.3) is 0 Å². The molecule has 3 aliphatic heterocycles. The summed E-state index contributed by atoms with van der Waals surface area (Å²) in [7, 11) is 1.67.